The number of benzene rings is 1. The van der Waals surface area contributed by atoms with Gasteiger partial charge in [0, 0.05) is 5.56 Å². The van der Waals surface area contributed by atoms with Gasteiger partial charge in [0.1, 0.15) is 18.1 Å². The Hall–Kier alpha value is -2.23. The largest absolute Gasteiger partial charge is 0.488 e. The average molecular weight is 288 g/mol. The normalized spacial score (nSPS) is 10.9. The summed E-state index contributed by atoms with van der Waals surface area (Å²) in [4.78, 5) is 10.9. The summed E-state index contributed by atoms with van der Waals surface area (Å²) in [7, 11) is 0. The van der Waals surface area contributed by atoms with Crippen LogP contribution in [-0.2, 0) is 6.61 Å². The molecule has 2 aromatic rings. The predicted octanol–water partition coefficient (Wildman–Crippen LogP) is 4.30. The summed E-state index contributed by atoms with van der Waals surface area (Å²) in [5.74, 6) is 0.701. The molecular weight excluding hydrogens is 268 g/mol. The van der Waals surface area contributed by atoms with E-state index in [2.05, 4.69) is 19.9 Å². The highest BCUT2D eigenvalue weighted by Gasteiger charge is 2.14. The minimum Gasteiger partial charge on any atom is -0.488 e. The van der Waals surface area contributed by atoms with Crippen LogP contribution in [0, 0.1) is 13.8 Å². The summed E-state index contributed by atoms with van der Waals surface area (Å²) < 4.78 is 11.0. The van der Waals surface area contributed by atoms with Gasteiger partial charge in [-0.25, -0.2) is 4.79 Å². The van der Waals surface area contributed by atoms with E-state index in [0.29, 0.717) is 18.3 Å². The number of carbonyl (C=O) groups is 1. The SMILES string of the molecule is Cc1ccc(C(C)C)cc1OCc1cc(C(=O)O)oc1C. The third-order valence-corrected chi connectivity index (χ3v) is 3.49. The van der Waals surface area contributed by atoms with Crippen LogP contribution in [0.4, 0.5) is 0 Å². The monoisotopic (exact) mass is 288 g/mol. The molecule has 0 aliphatic heterocycles. The minimum absolute atomic E-state index is 0.0567. The lowest BCUT2D eigenvalue weighted by atomic mass is 10.0. The van der Waals surface area contributed by atoms with Gasteiger partial charge in [0.2, 0.25) is 5.76 Å². The fourth-order valence-electron chi connectivity index (χ4n) is 2.06. The first-order valence-corrected chi connectivity index (χ1v) is 6.94. The third kappa shape index (κ3) is 3.45. The highest BCUT2D eigenvalue weighted by atomic mass is 16.5. The maximum absolute atomic E-state index is 10.9. The van der Waals surface area contributed by atoms with Gasteiger partial charge in [-0.05, 0) is 43.0 Å². The van der Waals surface area contributed by atoms with Crippen molar-refractivity contribution in [3.05, 3.63) is 52.5 Å². The highest BCUT2D eigenvalue weighted by molar-refractivity contribution is 5.84. The number of hydrogen-bond donors (Lipinski definition) is 1. The lowest BCUT2D eigenvalue weighted by Gasteiger charge is -2.12. The maximum Gasteiger partial charge on any atom is 0.371 e. The van der Waals surface area contributed by atoms with Crippen LogP contribution >= 0.6 is 0 Å². The fraction of sp³-hybridized carbons (Fsp3) is 0.353. The second kappa shape index (κ2) is 6.04. The molecule has 112 valence electrons. The van der Waals surface area contributed by atoms with Gasteiger partial charge in [-0.15, -0.1) is 0 Å². The van der Waals surface area contributed by atoms with E-state index in [1.165, 1.54) is 11.6 Å². The number of ether oxygens (including phenoxy) is 1. The summed E-state index contributed by atoms with van der Waals surface area (Å²) in [5, 5.41) is 8.91. The van der Waals surface area contributed by atoms with Gasteiger partial charge in [0.15, 0.2) is 0 Å². The van der Waals surface area contributed by atoms with Crippen LogP contribution < -0.4 is 4.74 Å². The predicted molar refractivity (Wildman–Crippen MR) is 80.0 cm³/mol. The Labute approximate surface area is 124 Å². The van der Waals surface area contributed by atoms with E-state index in [9.17, 15) is 4.79 Å². The Morgan fingerprint density at radius 3 is 2.57 bits per heavy atom. The van der Waals surface area contributed by atoms with E-state index >= 15 is 0 Å². The van der Waals surface area contributed by atoms with Gasteiger partial charge in [0.05, 0.1) is 0 Å². The minimum atomic E-state index is -1.07. The zero-order chi connectivity index (χ0) is 15.6. The molecule has 2 rings (SSSR count). The van der Waals surface area contributed by atoms with Crippen molar-refractivity contribution in [2.24, 2.45) is 0 Å². The molecule has 4 heteroatoms. The van der Waals surface area contributed by atoms with E-state index in [4.69, 9.17) is 14.3 Å². The van der Waals surface area contributed by atoms with Crippen molar-refractivity contribution in [3.63, 3.8) is 0 Å². The summed E-state index contributed by atoms with van der Waals surface area (Å²) in [6.07, 6.45) is 0. The quantitative estimate of drug-likeness (QED) is 0.891. The number of aryl methyl sites for hydroxylation is 2. The summed E-state index contributed by atoms with van der Waals surface area (Å²) >= 11 is 0. The molecule has 0 aliphatic carbocycles. The number of rotatable bonds is 5. The second-order valence-electron chi connectivity index (χ2n) is 5.47. The summed E-state index contributed by atoms with van der Waals surface area (Å²) in [5.41, 5.74) is 3.02. The molecule has 0 radical (unpaired) electrons. The molecule has 1 aromatic heterocycles. The van der Waals surface area contributed by atoms with E-state index < -0.39 is 5.97 Å². The molecule has 0 unspecified atom stereocenters. The average Bonchev–Trinajstić information content (AvgIpc) is 2.79. The smallest absolute Gasteiger partial charge is 0.371 e. The van der Waals surface area contributed by atoms with E-state index in [0.717, 1.165) is 16.9 Å². The van der Waals surface area contributed by atoms with E-state index in [-0.39, 0.29) is 5.76 Å². The van der Waals surface area contributed by atoms with Crippen molar-refractivity contribution in [3.8, 4) is 5.75 Å². The Morgan fingerprint density at radius 1 is 1.29 bits per heavy atom. The lowest BCUT2D eigenvalue weighted by Crippen LogP contribution is -1.99. The summed E-state index contributed by atoms with van der Waals surface area (Å²) in [6, 6.07) is 7.68. The van der Waals surface area contributed by atoms with Crippen LogP contribution in [-0.4, -0.2) is 11.1 Å². The molecule has 21 heavy (non-hydrogen) atoms. The van der Waals surface area contributed by atoms with E-state index in [1.807, 2.05) is 19.1 Å². The lowest BCUT2D eigenvalue weighted by molar-refractivity contribution is 0.0661. The van der Waals surface area contributed by atoms with Crippen LogP contribution in [0.25, 0.3) is 0 Å². The van der Waals surface area contributed by atoms with Crippen molar-refractivity contribution < 1.29 is 19.1 Å². The van der Waals surface area contributed by atoms with Gasteiger partial charge in [-0.3, -0.25) is 0 Å². The van der Waals surface area contributed by atoms with Crippen molar-refractivity contribution in [1.82, 2.24) is 0 Å². The molecular formula is C17H20O4. The summed E-state index contributed by atoms with van der Waals surface area (Å²) in [6.45, 7) is 8.29. The van der Waals surface area contributed by atoms with Crippen LogP contribution in [0.1, 0.15) is 52.8 Å². The van der Waals surface area contributed by atoms with Crippen LogP contribution in [0.5, 0.6) is 5.75 Å². The van der Waals surface area contributed by atoms with Gasteiger partial charge < -0.3 is 14.3 Å². The standard InChI is InChI=1S/C17H20O4/c1-10(2)13-6-5-11(3)15(7-13)20-9-14-8-16(17(18)19)21-12(14)4/h5-8,10H,9H2,1-4H3,(H,18,19). The Morgan fingerprint density at radius 2 is 2.00 bits per heavy atom. The molecule has 0 amide bonds. The van der Waals surface area contributed by atoms with Crippen molar-refractivity contribution in [2.75, 3.05) is 0 Å². The van der Waals surface area contributed by atoms with Gasteiger partial charge in [-0.2, -0.15) is 0 Å². The molecule has 0 bridgehead atoms. The van der Waals surface area contributed by atoms with Gasteiger partial charge in [-0.1, -0.05) is 26.0 Å². The zero-order valence-corrected chi connectivity index (χ0v) is 12.8. The number of hydrogen-bond acceptors (Lipinski definition) is 3. The molecule has 4 nitrogen and oxygen atoms in total. The molecule has 0 saturated heterocycles. The van der Waals surface area contributed by atoms with Gasteiger partial charge in [0.25, 0.3) is 0 Å². The Bertz CT molecular complexity index is 653. The fourth-order valence-corrected chi connectivity index (χ4v) is 2.06. The maximum atomic E-state index is 10.9. The molecule has 0 atom stereocenters. The first kappa shape index (κ1) is 15.2. The van der Waals surface area contributed by atoms with Crippen LogP contribution in [0.2, 0.25) is 0 Å². The van der Waals surface area contributed by atoms with Crippen molar-refractivity contribution in [2.45, 2.75) is 40.2 Å². The van der Waals surface area contributed by atoms with Crippen LogP contribution in [0.15, 0.2) is 28.7 Å². The molecule has 1 aromatic carbocycles. The zero-order valence-electron chi connectivity index (χ0n) is 12.8. The number of furan rings is 1. The molecule has 0 aliphatic rings. The van der Waals surface area contributed by atoms with Gasteiger partial charge >= 0.3 is 5.97 Å². The molecule has 1 heterocycles. The number of aromatic carboxylic acids is 1. The van der Waals surface area contributed by atoms with Crippen molar-refractivity contribution >= 4 is 5.97 Å². The van der Waals surface area contributed by atoms with Crippen LogP contribution in [0.3, 0.4) is 0 Å². The Kier molecular flexibility index (Phi) is 4.36. The molecule has 1 N–H and O–H groups in total. The number of carboxylic acid groups (broad SMARTS) is 1. The number of carboxylic acids is 1. The third-order valence-electron chi connectivity index (χ3n) is 3.49. The highest BCUT2D eigenvalue weighted by Crippen LogP contribution is 2.26. The van der Waals surface area contributed by atoms with E-state index in [1.54, 1.807) is 6.92 Å². The molecule has 0 saturated carbocycles. The first-order chi connectivity index (χ1) is 9.88. The Balaban J connectivity index is 2.16. The van der Waals surface area contributed by atoms with Crippen molar-refractivity contribution in [1.29, 1.82) is 0 Å². The molecule has 0 fully saturated rings. The first-order valence-electron chi connectivity index (χ1n) is 6.94. The topological polar surface area (TPSA) is 59.7 Å². The molecule has 0 spiro atoms. The second-order valence-corrected chi connectivity index (χ2v) is 5.47.